The highest BCUT2D eigenvalue weighted by Gasteiger charge is 2.32. The van der Waals surface area contributed by atoms with Gasteiger partial charge in [-0.25, -0.2) is 14.8 Å². The maximum Gasteiger partial charge on any atom is 0.358 e. The van der Waals surface area contributed by atoms with Crippen molar-refractivity contribution in [2.75, 3.05) is 28.6 Å². The summed E-state index contributed by atoms with van der Waals surface area (Å²) in [7, 11) is 1.87. The lowest BCUT2D eigenvalue weighted by molar-refractivity contribution is -0.134. The van der Waals surface area contributed by atoms with E-state index < -0.39 is 17.5 Å². The van der Waals surface area contributed by atoms with E-state index in [0.717, 1.165) is 68.4 Å². The summed E-state index contributed by atoms with van der Waals surface area (Å²) in [6.45, 7) is 9.33. The molecule has 2 aliphatic rings. The molecule has 3 N–H and O–H groups in total. The molecule has 3 aromatic heterocycles. The molecule has 0 aliphatic carbocycles. The predicted molar refractivity (Wildman–Crippen MR) is 278 cm³/mol. The lowest BCUT2D eigenvalue weighted by atomic mass is 9.93. The van der Waals surface area contributed by atoms with Gasteiger partial charge in [0.2, 0.25) is 11.8 Å². The Morgan fingerprint density at radius 1 is 0.887 bits per heavy atom. The number of aryl methyl sites for hydroxylation is 2. The second-order valence-corrected chi connectivity index (χ2v) is 20.1. The number of pyridine rings is 1. The summed E-state index contributed by atoms with van der Waals surface area (Å²) in [6, 6.07) is 37.4. The van der Waals surface area contributed by atoms with Gasteiger partial charge in [-0.15, -0.1) is 0 Å². The molecule has 1 fully saturated rings. The van der Waals surface area contributed by atoms with Crippen LogP contribution in [0.3, 0.4) is 0 Å². The highest BCUT2D eigenvalue weighted by atomic mass is 32.1. The third-order valence-corrected chi connectivity index (χ3v) is 13.9. The summed E-state index contributed by atoms with van der Waals surface area (Å²) >= 11 is 1.44. The average molecular weight is 967 g/mol. The van der Waals surface area contributed by atoms with Crippen LogP contribution in [0.4, 0.5) is 16.6 Å². The van der Waals surface area contributed by atoms with Crippen molar-refractivity contribution >= 4 is 72.8 Å². The molecule has 14 nitrogen and oxygen atoms in total. The molecule has 1 saturated heterocycles. The van der Waals surface area contributed by atoms with Crippen molar-refractivity contribution in [2.45, 2.75) is 77.9 Å². The number of aromatic nitrogens is 4. The van der Waals surface area contributed by atoms with Crippen LogP contribution in [0, 0.1) is 6.92 Å². The topological polar surface area (TPSA) is 170 Å². The van der Waals surface area contributed by atoms with Gasteiger partial charge in [-0.05, 0) is 148 Å². The molecule has 15 heteroatoms. The SMILES string of the molecule is Cc1c(Oc2ccc(CCCNc3ccc4c(C5CCC(=O)NC5=O)nn(C)c4c3)cc2)cccc1-c1ccc(N2CCc3cccc(C(=O)Nc4nc5ccccc5s4)c3C2)nc1C(=O)OC(C)(C)C. The molecule has 71 heavy (non-hydrogen) atoms. The molecule has 2 aliphatic heterocycles. The first-order valence-corrected chi connectivity index (χ1v) is 24.7. The number of benzene rings is 5. The lowest BCUT2D eigenvalue weighted by Crippen LogP contribution is -2.39. The van der Waals surface area contributed by atoms with Crippen molar-refractivity contribution in [3.8, 4) is 22.6 Å². The first kappa shape index (κ1) is 46.8. The Morgan fingerprint density at radius 3 is 2.51 bits per heavy atom. The highest BCUT2D eigenvalue weighted by Crippen LogP contribution is 2.37. The Hall–Kier alpha value is -7.91. The molecule has 0 bridgehead atoms. The summed E-state index contributed by atoms with van der Waals surface area (Å²) in [6.07, 6.45) is 3.22. The number of nitrogens with zero attached hydrogens (tertiary/aromatic N) is 5. The van der Waals surface area contributed by atoms with Gasteiger partial charge < -0.3 is 19.7 Å². The number of imide groups is 1. The fraction of sp³-hybridized carbons (Fsp3) is 0.268. The molecule has 3 amide bonds. The van der Waals surface area contributed by atoms with E-state index in [1.165, 1.54) is 16.9 Å². The van der Waals surface area contributed by atoms with Crippen molar-refractivity contribution in [2.24, 2.45) is 7.05 Å². The van der Waals surface area contributed by atoms with Gasteiger partial charge >= 0.3 is 5.97 Å². The minimum absolute atomic E-state index is 0.195. The van der Waals surface area contributed by atoms with E-state index >= 15 is 0 Å². The first-order chi connectivity index (χ1) is 34.2. The molecule has 8 aromatic rings. The van der Waals surface area contributed by atoms with Gasteiger partial charge in [0.15, 0.2) is 10.8 Å². The van der Waals surface area contributed by atoms with Gasteiger partial charge in [0.25, 0.3) is 5.91 Å². The molecule has 5 heterocycles. The molecule has 10 rings (SSSR count). The number of ether oxygens (including phenoxy) is 2. The molecule has 0 saturated carbocycles. The average Bonchev–Trinajstić information content (AvgIpc) is 3.92. The van der Waals surface area contributed by atoms with Crippen LogP contribution in [-0.4, -0.2) is 62.1 Å². The number of hydrogen-bond donors (Lipinski definition) is 3. The number of fused-ring (bicyclic) bond motifs is 3. The van der Waals surface area contributed by atoms with Crippen molar-refractivity contribution in [1.29, 1.82) is 0 Å². The van der Waals surface area contributed by atoms with Crippen LogP contribution in [0.15, 0.2) is 115 Å². The molecular weight excluding hydrogens is 913 g/mol. The largest absolute Gasteiger partial charge is 0.457 e. The number of nitrogens with one attached hydrogen (secondary N) is 3. The summed E-state index contributed by atoms with van der Waals surface area (Å²) in [5, 5.41) is 15.1. The van der Waals surface area contributed by atoms with E-state index in [1.54, 1.807) is 4.68 Å². The smallest absolute Gasteiger partial charge is 0.358 e. The van der Waals surface area contributed by atoms with Crippen LogP contribution < -0.4 is 25.6 Å². The van der Waals surface area contributed by atoms with Crippen LogP contribution >= 0.6 is 11.3 Å². The number of piperidine rings is 1. The van der Waals surface area contributed by atoms with Crippen LogP contribution in [0.1, 0.15) is 94.7 Å². The molecule has 5 aromatic carbocycles. The van der Waals surface area contributed by atoms with E-state index in [4.69, 9.17) is 14.5 Å². The van der Waals surface area contributed by atoms with E-state index in [2.05, 4.69) is 49.1 Å². The zero-order valence-corrected chi connectivity index (χ0v) is 41.1. The Labute approximate surface area is 415 Å². The van der Waals surface area contributed by atoms with Crippen molar-refractivity contribution in [3.63, 3.8) is 0 Å². The number of thiazole rings is 1. The zero-order chi connectivity index (χ0) is 49.4. The quantitative estimate of drug-likeness (QED) is 0.0571. The van der Waals surface area contributed by atoms with Crippen LogP contribution in [0.5, 0.6) is 11.5 Å². The van der Waals surface area contributed by atoms with Gasteiger partial charge in [-0.1, -0.05) is 59.9 Å². The summed E-state index contributed by atoms with van der Waals surface area (Å²) in [5.74, 6) is 0.223. The van der Waals surface area contributed by atoms with E-state index in [0.29, 0.717) is 71.6 Å². The van der Waals surface area contributed by atoms with Gasteiger partial charge in [0.05, 0.1) is 27.3 Å². The Kier molecular flexibility index (Phi) is 12.8. The normalized spacial score (nSPS) is 14.8. The molecule has 1 unspecified atom stereocenters. The first-order valence-electron chi connectivity index (χ1n) is 23.9. The van der Waals surface area contributed by atoms with E-state index in [-0.39, 0.29) is 23.4 Å². The molecular formula is C56H54N8O6S. The van der Waals surface area contributed by atoms with Crippen LogP contribution in [0.25, 0.3) is 32.2 Å². The maximum absolute atomic E-state index is 14.1. The zero-order valence-electron chi connectivity index (χ0n) is 40.3. The Bertz CT molecular complexity index is 3340. The third-order valence-electron chi connectivity index (χ3n) is 13.0. The van der Waals surface area contributed by atoms with Gasteiger partial charge in [-0.3, -0.25) is 29.7 Å². The van der Waals surface area contributed by atoms with Crippen LogP contribution in [-0.2, 0) is 40.8 Å². The molecule has 0 spiro atoms. The van der Waals surface area contributed by atoms with Crippen molar-refractivity contribution in [3.05, 3.63) is 154 Å². The standard InChI is InChI=1S/C56H54N8O6S/c1-33-38(13-9-16-46(33)69-37-21-18-34(19-22-37)11-10-29-57-36-20-23-41-45(31-36)63(5)62-50(41)42-25-27-49(65)60-53(42)67)39-24-26-48(59-51(39)54(68)70-56(2,3)4)64-30-28-35-12-8-14-40(43(35)32-64)52(66)61-55-58-44-15-6-7-17-47(44)71-55/h6-9,12-24,26,31,42,57H,10-11,25,27-30,32H2,1-5H3,(H,58,61,66)(H,60,65,67). The van der Waals surface area contributed by atoms with Gasteiger partial charge in [0.1, 0.15) is 22.9 Å². The Morgan fingerprint density at radius 2 is 1.70 bits per heavy atom. The lowest BCUT2D eigenvalue weighted by Gasteiger charge is -2.31. The summed E-state index contributed by atoms with van der Waals surface area (Å²) in [5.41, 5.74) is 8.89. The number of esters is 1. The van der Waals surface area contributed by atoms with Gasteiger partial charge in [0, 0.05) is 55.3 Å². The summed E-state index contributed by atoms with van der Waals surface area (Å²) < 4.78 is 15.2. The minimum Gasteiger partial charge on any atom is -0.457 e. The van der Waals surface area contributed by atoms with Crippen LogP contribution in [0.2, 0.25) is 0 Å². The number of anilines is 3. The number of carbonyl (C=O) groups is 4. The maximum atomic E-state index is 14.1. The fourth-order valence-electron chi connectivity index (χ4n) is 9.40. The molecule has 360 valence electrons. The Balaban J connectivity index is 0.808. The second kappa shape index (κ2) is 19.5. The predicted octanol–water partition coefficient (Wildman–Crippen LogP) is 10.7. The number of amides is 3. The third kappa shape index (κ3) is 10.1. The van der Waals surface area contributed by atoms with E-state index in [9.17, 15) is 19.2 Å². The van der Waals surface area contributed by atoms with E-state index in [1.807, 2.05) is 132 Å². The number of rotatable bonds is 13. The minimum atomic E-state index is -0.758. The monoisotopic (exact) mass is 966 g/mol. The molecule has 1 atom stereocenters. The fourth-order valence-corrected chi connectivity index (χ4v) is 10.3. The van der Waals surface area contributed by atoms with Crippen molar-refractivity contribution < 1.29 is 28.7 Å². The second-order valence-electron chi connectivity index (χ2n) is 19.1. The van der Waals surface area contributed by atoms with Crippen molar-refractivity contribution in [1.82, 2.24) is 25.1 Å². The molecule has 0 radical (unpaired) electrons. The number of para-hydroxylation sites is 1. The summed E-state index contributed by atoms with van der Waals surface area (Å²) in [4.78, 5) is 63.8. The number of carbonyl (C=O) groups excluding carboxylic acids is 4. The van der Waals surface area contributed by atoms with Gasteiger partial charge in [-0.2, -0.15) is 5.10 Å². The number of hydrogen-bond acceptors (Lipinski definition) is 12. The highest BCUT2D eigenvalue weighted by molar-refractivity contribution is 7.22.